The van der Waals surface area contributed by atoms with Gasteiger partial charge in [0.1, 0.15) is 10.0 Å². The Morgan fingerprint density at radius 2 is 1.09 bits per heavy atom. The first kappa shape index (κ1) is 40.3. The molecule has 0 bridgehead atoms. The van der Waals surface area contributed by atoms with E-state index in [0.29, 0.717) is 51.8 Å². The third kappa shape index (κ3) is 9.36. The Labute approximate surface area is 352 Å². The molecule has 0 saturated carbocycles. The summed E-state index contributed by atoms with van der Waals surface area (Å²) in [5, 5.41) is 17.0. The topological polar surface area (TPSA) is 106 Å². The van der Waals surface area contributed by atoms with Crippen LogP contribution in [0.4, 0.5) is 0 Å². The number of rotatable bonds is 8. The number of thiazole rings is 2. The van der Waals surface area contributed by atoms with Crippen LogP contribution in [-0.4, -0.2) is 39.9 Å². The van der Waals surface area contributed by atoms with E-state index in [9.17, 15) is 19.5 Å². The fourth-order valence-corrected chi connectivity index (χ4v) is 7.96. The van der Waals surface area contributed by atoms with Crippen LogP contribution in [-0.2, 0) is 4.74 Å². The summed E-state index contributed by atoms with van der Waals surface area (Å²) in [7, 11) is 1.35. The molecule has 0 radical (unpaired) electrons. The van der Waals surface area contributed by atoms with Crippen molar-refractivity contribution in [1.29, 1.82) is 0 Å². The van der Waals surface area contributed by atoms with Crippen molar-refractivity contribution in [3.8, 4) is 54.8 Å². The molecule has 55 heavy (non-hydrogen) atoms. The fourth-order valence-electron chi connectivity index (χ4n) is 5.30. The van der Waals surface area contributed by atoms with Gasteiger partial charge in [0.15, 0.2) is 5.78 Å². The molecule has 7 aromatic rings. The zero-order valence-electron chi connectivity index (χ0n) is 28.6. The maximum Gasteiger partial charge on any atom is 0.339 e. The minimum atomic E-state index is -1.03. The van der Waals surface area contributed by atoms with E-state index in [2.05, 4.69) is 25.9 Å². The molecule has 0 aliphatic carbocycles. The van der Waals surface area contributed by atoms with Crippen LogP contribution >= 0.6 is 85.0 Å². The first-order chi connectivity index (χ1) is 26.3. The van der Waals surface area contributed by atoms with E-state index >= 15 is 0 Å². The number of benzene rings is 5. The Morgan fingerprint density at radius 3 is 1.56 bits per heavy atom. The molecule has 0 atom stereocenters. The average Bonchev–Trinajstić information content (AvgIpc) is 3.89. The predicted molar refractivity (Wildman–Crippen MR) is 227 cm³/mol. The number of esters is 1. The highest BCUT2D eigenvalue weighted by Gasteiger charge is 2.17. The number of aromatic nitrogens is 2. The van der Waals surface area contributed by atoms with Gasteiger partial charge in [-0.3, -0.25) is 4.79 Å². The molecule has 276 valence electrons. The third-order valence-electron chi connectivity index (χ3n) is 8.16. The molecule has 7 nitrogen and oxygen atoms in total. The maximum atomic E-state index is 12.0. The van der Waals surface area contributed by atoms with Gasteiger partial charge in [0.05, 0.1) is 49.7 Å². The van der Waals surface area contributed by atoms with Gasteiger partial charge in [-0.25, -0.2) is 19.6 Å². The van der Waals surface area contributed by atoms with Crippen molar-refractivity contribution in [1.82, 2.24) is 9.97 Å². The highest BCUT2D eigenvalue weighted by molar-refractivity contribution is 9.10. The average molecular weight is 912 g/mol. The number of nitrogens with zero attached hydrogens (tertiary/aromatic N) is 2. The number of ketones is 1. The Balaban J connectivity index is 0.000000193. The van der Waals surface area contributed by atoms with Gasteiger partial charge in [-0.05, 0) is 76.4 Å². The lowest BCUT2D eigenvalue weighted by Gasteiger charge is -2.09. The van der Waals surface area contributed by atoms with Crippen molar-refractivity contribution >= 4 is 103 Å². The van der Waals surface area contributed by atoms with Gasteiger partial charge in [0.25, 0.3) is 0 Å². The van der Waals surface area contributed by atoms with E-state index in [0.717, 1.165) is 38.6 Å². The molecular formula is C41H25BrCl4N2O5S2. The number of Topliss-reactive ketones (excluding diaryl/α,β-unsaturated/α-hetero) is 1. The summed E-state index contributed by atoms with van der Waals surface area (Å²) < 4.78 is 5.47. The van der Waals surface area contributed by atoms with Crippen molar-refractivity contribution in [2.45, 2.75) is 6.92 Å². The number of carbonyl (C=O) groups is 3. The molecular weight excluding hydrogens is 886 g/mol. The van der Waals surface area contributed by atoms with Gasteiger partial charge >= 0.3 is 11.9 Å². The monoisotopic (exact) mass is 908 g/mol. The summed E-state index contributed by atoms with van der Waals surface area (Å²) >= 11 is 30.4. The molecule has 2 aromatic heterocycles. The molecule has 2 heterocycles. The van der Waals surface area contributed by atoms with E-state index in [1.807, 2.05) is 41.1 Å². The Morgan fingerprint density at radius 1 is 0.618 bits per heavy atom. The fraction of sp³-hybridized carbons (Fsp3) is 0.0488. The molecule has 0 fully saturated rings. The maximum absolute atomic E-state index is 12.0. The summed E-state index contributed by atoms with van der Waals surface area (Å²) in [6, 6.07) is 28.3. The van der Waals surface area contributed by atoms with Gasteiger partial charge in [-0.2, -0.15) is 0 Å². The molecule has 1 N–H and O–H groups in total. The summed E-state index contributed by atoms with van der Waals surface area (Å²) in [6.07, 6.45) is 0. The number of carbonyl (C=O) groups excluding carboxylic acids is 2. The zero-order valence-corrected chi connectivity index (χ0v) is 34.8. The smallest absolute Gasteiger partial charge is 0.339 e. The van der Waals surface area contributed by atoms with E-state index in [1.165, 1.54) is 36.7 Å². The summed E-state index contributed by atoms with van der Waals surface area (Å²) in [4.78, 5) is 44.5. The van der Waals surface area contributed by atoms with Gasteiger partial charge in [-0.1, -0.05) is 101 Å². The van der Waals surface area contributed by atoms with Crippen molar-refractivity contribution < 1.29 is 24.2 Å². The number of hydrogen-bond donors (Lipinski definition) is 1. The van der Waals surface area contributed by atoms with Crippen LogP contribution in [0.2, 0.25) is 20.1 Å². The second-order valence-corrected chi connectivity index (χ2v) is 15.9. The van der Waals surface area contributed by atoms with Crippen LogP contribution in [0.15, 0.2) is 112 Å². The number of carboxylic acids is 1. The minimum absolute atomic E-state index is 0.0399. The quantitative estimate of drug-likeness (QED) is 0.120. The van der Waals surface area contributed by atoms with Crippen molar-refractivity contribution in [3.05, 3.63) is 149 Å². The molecule has 5 aromatic carbocycles. The number of ether oxygens (including phenoxy) is 1. The molecule has 0 spiro atoms. The van der Waals surface area contributed by atoms with Gasteiger partial charge in [-0.15, -0.1) is 22.7 Å². The van der Waals surface area contributed by atoms with Crippen LogP contribution in [0.25, 0.3) is 54.8 Å². The number of hydrogen-bond acceptors (Lipinski definition) is 8. The van der Waals surface area contributed by atoms with E-state index in [4.69, 9.17) is 51.1 Å². The van der Waals surface area contributed by atoms with Gasteiger partial charge < -0.3 is 9.84 Å². The van der Waals surface area contributed by atoms with Crippen LogP contribution in [0.3, 0.4) is 0 Å². The molecule has 0 amide bonds. The standard InChI is InChI=1S/C24H15Cl2NO3S.C17H10BrCl2NO2S/c1-13(28)14-2-4-15(5-3-14)18-8-6-17(10-19(18)24(29)30)23-27-22(12-31-23)16-7-9-20(25)21(26)11-16;1-23-17(22)11-6-10(2-4-12(11)18)16-21-15(8-24-16)9-3-5-13(19)14(20)7-9/h2-12H,1H3,(H,29,30);2-8H,1H3. The summed E-state index contributed by atoms with van der Waals surface area (Å²) in [5.74, 6) is -1.47. The van der Waals surface area contributed by atoms with Gasteiger partial charge in [0.2, 0.25) is 0 Å². The van der Waals surface area contributed by atoms with Crippen molar-refractivity contribution in [2.75, 3.05) is 7.11 Å². The summed E-state index contributed by atoms with van der Waals surface area (Å²) in [6.45, 7) is 1.49. The molecule has 0 saturated heterocycles. The van der Waals surface area contributed by atoms with Crippen molar-refractivity contribution in [3.63, 3.8) is 0 Å². The minimum Gasteiger partial charge on any atom is -0.478 e. The highest BCUT2D eigenvalue weighted by atomic mass is 79.9. The second kappa shape index (κ2) is 17.6. The lowest BCUT2D eigenvalue weighted by Crippen LogP contribution is -2.02. The Kier molecular flexibility index (Phi) is 12.9. The van der Waals surface area contributed by atoms with Crippen LogP contribution in [0.5, 0.6) is 0 Å². The molecule has 0 aliphatic heterocycles. The molecule has 0 unspecified atom stereocenters. The number of methoxy groups -OCH3 is 1. The molecule has 0 aliphatic rings. The lowest BCUT2D eigenvalue weighted by atomic mass is 9.96. The first-order valence-electron chi connectivity index (χ1n) is 16.0. The third-order valence-corrected chi connectivity index (χ3v) is 12.1. The van der Waals surface area contributed by atoms with E-state index in [-0.39, 0.29) is 11.3 Å². The molecule has 7 rings (SSSR count). The normalized spacial score (nSPS) is 10.7. The SMILES string of the molecule is CC(=O)c1ccc(-c2ccc(-c3nc(-c4ccc(Cl)c(Cl)c4)cs3)cc2C(=O)O)cc1.COC(=O)c1cc(-c2nc(-c3ccc(Cl)c(Cl)c3)cs2)ccc1Br. The Bertz CT molecular complexity index is 2590. The van der Waals surface area contributed by atoms with Crippen LogP contribution in [0, 0.1) is 0 Å². The second-order valence-electron chi connectivity index (χ2n) is 11.7. The largest absolute Gasteiger partial charge is 0.478 e. The van der Waals surface area contributed by atoms with Gasteiger partial charge in [0, 0.05) is 43.1 Å². The zero-order chi connectivity index (χ0) is 39.4. The van der Waals surface area contributed by atoms with E-state index < -0.39 is 11.9 Å². The van der Waals surface area contributed by atoms with E-state index in [1.54, 1.807) is 66.7 Å². The molecule has 14 heteroatoms. The van der Waals surface area contributed by atoms with Crippen LogP contribution in [0.1, 0.15) is 38.0 Å². The Hall–Kier alpha value is -4.39. The number of aromatic carboxylic acids is 1. The lowest BCUT2D eigenvalue weighted by molar-refractivity contribution is 0.0598. The predicted octanol–water partition coefficient (Wildman–Crippen LogP) is 13.7. The summed E-state index contributed by atoms with van der Waals surface area (Å²) in [5.41, 5.74) is 7.31. The first-order valence-corrected chi connectivity index (χ1v) is 20.1. The number of carboxylic acid groups (broad SMARTS) is 1. The van der Waals surface area contributed by atoms with Crippen LogP contribution < -0.4 is 0 Å². The highest BCUT2D eigenvalue weighted by Crippen LogP contribution is 2.36. The number of halogens is 5. The van der Waals surface area contributed by atoms with Crippen molar-refractivity contribution in [2.24, 2.45) is 0 Å².